The smallest absolute Gasteiger partial charge is 0.337 e. The Morgan fingerprint density at radius 3 is 2.24 bits per heavy atom. The molecule has 0 fully saturated rings. The first-order chi connectivity index (χ1) is 16.1. The van der Waals surface area contributed by atoms with E-state index in [1.165, 1.54) is 39.4 Å². The third kappa shape index (κ3) is 5.83. The molecule has 0 unspecified atom stereocenters. The summed E-state index contributed by atoms with van der Waals surface area (Å²) in [6, 6.07) is 17.5. The predicted octanol–water partition coefficient (Wildman–Crippen LogP) is 4.03. The van der Waals surface area contributed by atoms with Gasteiger partial charge in [0.15, 0.2) is 0 Å². The number of nitrogens with one attached hydrogen (secondary N) is 1. The second-order valence-corrected chi connectivity index (χ2v) is 9.85. The summed E-state index contributed by atoms with van der Waals surface area (Å²) in [5.41, 5.74) is 2.13. The van der Waals surface area contributed by atoms with Crippen molar-refractivity contribution in [2.75, 3.05) is 26.5 Å². The largest absolute Gasteiger partial charge is 0.465 e. The van der Waals surface area contributed by atoms with E-state index < -0.39 is 21.9 Å². The van der Waals surface area contributed by atoms with E-state index in [0.29, 0.717) is 22.4 Å². The molecule has 1 amide bonds. The van der Waals surface area contributed by atoms with Gasteiger partial charge in [0.05, 0.1) is 28.2 Å². The fourth-order valence-corrected chi connectivity index (χ4v) is 4.04. The maximum absolute atomic E-state index is 12.8. The number of carbonyl (C=O) groups is 2. The molecule has 3 rings (SSSR count). The predicted molar refractivity (Wildman–Crippen MR) is 130 cm³/mol. The molecule has 3 aromatic rings. The van der Waals surface area contributed by atoms with Gasteiger partial charge in [-0.1, -0.05) is 35.6 Å². The molecule has 0 saturated carbocycles. The number of carbonyl (C=O) groups excluding carboxylic acids is 2. The Kier molecular flexibility index (Phi) is 7.74. The van der Waals surface area contributed by atoms with E-state index >= 15 is 0 Å². The number of amides is 1. The second-order valence-electron chi connectivity index (χ2n) is 7.29. The van der Waals surface area contributed by atoms with Gasteiger partial charge in [0, 0.05) is 30.9 Å². The summed E-state index contributed by atoms with van der Waals surface area (Å²) >= 11 is 6.16. The Morgan fingerprint density at radius 2 is 1.59 bits per heavy atom. The molecule has 0 saturated heterocycles. The summed E-state index contributed by atoms with van der Waals surface area (Å²) in [7, 11) is 0.394. The van der Waals surface area contributed by atoms with Crippen LogP contribution in [0.4, 0.5) is 5.69 Å². The van der Waals surface area contributed by atoms with Gasteiger partial charge in [-0.05, 0) is 54.6 Å². The maximum atomic E-state index is 12.8. The van der Waals surface area contributed by atoms with Gasteiger partial charge in [-0.15, -0.1) is 0 Å². The number of ether oxygens (including phenoxy) is 1. The molecular formula is C25H21ClN2O5S. The summed E-state index contributed by atoms with van der Waals surface area (Å²) < 4.78 is 30.6. The third-order valence-corrected chi connectivity index (χ3v) is 6.86. The first kappa shape index (κ1) is 25.0. The lowest BCUT2D eigenvalue weighted by molar-refractivity contribution is 0.0600. The quantitative estimate of drug-likeness (QED) is 0.425. The highest BCUT2D eigenvalue weighted by Crippen LogP contribution is 2.23. The van der Waals surface area contributed by atoms with Crippen LogP contribution in [0.25, 0.3) is 0 Å². The molecule has 0 aliphatic heterocycles. The Morgan fingerprint density at radius 1 is 0.941 bits per heavy atom. The highest BCUT2D eigenvalue weighted by atomic mass is 35.5. The average molecular weight is 497 g/mol. The molecule has 34 heavy (non-hydrogen) atoms. The molecule has 9 heteroatoms. The Labute approximate surface area is 203 Å². The number of rotatable bonds is 5. The van der Waals surface area contributed by atoms with Gasteiger partial charge >= 0.3 is 5.97 Å². The average Bonchev–Trinajstić information content (AvgIpc) is 2.82. The number of halogens is 1. The molecule has 0 spiro atoms. The van der Waals surface area contributed by atoms with Gasteiger partial charge in [0.2, 0.25) is 10.0 Å². The lowest BCUT2D eigenvalue weighted by Crippen LogP contribution is -2.23. The highest BCUT2D eigenvalue weighted by molar-refractivity contribution is 7.89. The minimum Gasteiger partial charge on any atom is -0.465 e. The molecule has 0 heterocycles. The number of sulfonamides is 1. The van der Waals surface area contributed by atoms with Crippen LogP contribution in [0.2, 0.25) is 5.02 Å². The number of hydrogen-bond donors (Lipinski definition) is 1. The minimum atomic E-state index is -3.73. The van der Waals surface area contributed by atoms with E-state index in [2.05, 4.69) is 17.2 Å². The molecule has 0 radical (unpaired) electrons. The molecule has 1 N–H and O–H groups in total. The number of nitrogens with zero attached hydrogens (tertiary/aromatic N) is 1. The van der Waals surface area contributed by atoms with Crippen molar-refractivity contribution in [3.05, 3.63) is 94.0 Å². The van der Waals surface area contributed by atoms with Gasteiger partial charge in [-0.25, -0.2) is 17.5 Å². The standard InChI is InChI=1S/C25H21ClN2O5S/c1-28(2)34(31,32)21-12-13-23(26)22(16-21)24(29)27-20-9-5-7-18(15-20)11-10-17-6-4-8-19(14-17)25(30)33-3/h4-9,12-16H,1-3H3,(H,27,29). The van der Waals surface area contributed by atoms with Crippen molar-refractivity contribution in [1.29, 1.82) is 0 Å². The van der Waals surface area contributed by atoms with Crippen LogP contribution in [0.3, 0.4) is 0 Å². The van der Waals surface area contributed by atoms with Crippen molar-refractivity contribution in [2.24, 2.45) is 0 Å². The van der Waals surface area contributed by atoms with Crippen LogP contribution in [-0.4, -0.2) is 45.8 Å². The first-order valence-corrected chi connectivity index (χ1v) is 11.8. The van der Waals surface area contributed by atoms with Gasteiger partial charge in [-0.3, -0.25) is 4.79 Å². The van der Waals surface area contributed by atoms with Crippen LogP contribution in [0.15, 0.2) is 71.6 Å². The van der Waals surface area contributed by atoms with E-state index in [4.69, 9.17) is 16.3 Å². The van der Waals surface area contributed by atoms with Crippen LogP contribution in [0.1, 0.15) is 31.8 Å². The van der Waals surface area contributed by atoms with Crippen LogP contribution < -0.4 is 5.32 Å². The van der Waals surface area contributed by atoms with Crippen LogP contribution in [-0.2, 0) is 14.8 Å². The molecule has 7 nitrogen and oxygen atoms in total. The molecule has 0 aliphatic rings. The molecule has 0 aliphatic carbocycles. The lowest BCUT2D eigenvalue weighted by Gasteiger charge is -2.13. The number of anilines is 1. The molecule has 3 aromatic carbocycles. The van der Waals surface area contributed by atoms with Crippen LogP contribution in [0, 0.1) is 11.8 Å². The lowest BCUT2D eigenvalue weighted by atomic mass is 10.1. The molecular weight excluding hydrogens is 476 g/mol. The van der Waals surface area contributed by atoms with E-state index in [-0.39, 0.29) is 15.5 Å². The van der Waals surface area contributed by atoms with Gasteiger partial charge in [0.1, 0.15) is 0 Å². The van der Waals surface area contributed by atoms with Crippen molar-refractivity contribution >= 4 is 39.2 Å². The monoisotopic (exact) mass is 496 g/mol. The zero-order valence-corrected chi connectivity index (χ0v) is 20.2. The van der Waals surface area contributed by atoms with Gasteiger partial charge in [0.25, 0.3) is 5.91 Å². The highest BCUT2D eigenvalue weighted by Gasteiger charge is 2.21. The Hall–Kier alpha value is -3.64. The van der Waals surface area contributed by atoms with E-state index in [0.717, 1.165) is 4.31 Å². The van der Waals surface area contributed by atoms with Crippen molar-refractivity contribution in [3.8, 4) is 11.8 Å². The topological polar surface area (TPSA) is 92.8 Å². The molecule has 0 aromatic heterocycles. The molecule has 0 bridgehead atoms. The van der Waals surface area contributed by atoms with Crippen molar-refractivity contribution in [1.82, 2.24) is 4.31 Å². The van der Waals surface area contributed by atoms with Crippen molar-refractivity contribution in [3.63, 3.8) is 0 Å². The zero-order chi connectivity index (χ0) is 24.9. The summed E-state index contributed by atoms with van der Waals surface area (Å²) in [4.78, 5) is 24.5. The van der Waals surface area contributed by atoms with E-state index in [1.807, 2.05) is 0 Å². The summed E-state index contributed by atoms with van der Waals surface area (Å²) in [5.74, 6) is 4.95. The number of esters is 1. The van der Waals surface area contributed by atoms with E-state index in [1.54, 1.807) is 48.5 Å². The number of benzene rings is 3. The molecule has 0 atom stereocenters. The van der Waals surface area contributed by atoms with Crippen molar-refractivity contribution < 1.29 is 22.7 Å². The second kappa shape index (κ2) is 10.5. The van der Waals surface area contributed by atoms with Gasteiger partial charge in [-0.2, -0.15) is 0 Å². The fourth-order valence-electron chi connectivity index (χ4n) is 2.91. The fraction of sp³-hybridized carbons (Fsp3) is 0.120. The normalized spacial score (nSPS) is 10.9. The summed E-state index contributed by atoms with van der Waals surface area (Å²) in [5, 5.41) is 2.84. The SMILES string of the molecule is COC(=O)c1cccc(C#Cc2cccc(NC(=O)c3cc(S(=O)(=O)N(C)C)ccc3Cl)c2)c1. The summed E-state index contributed by atoms with van der Waals surface area (Å²) in [6.07, 6.45) is 0. The van der Waals surface area contributed by atoms with Crippen LogP contribution >= 0.6 is 11.6 Å². The van der Waals surface area contributed by atoms with Crippen molar-refractivity contribution in [2.45, 2.75) is 4.90 Å². The number of methoxy groups -OCH3 is 1. The maximum Gasteiger partial charge on any atom is 0.337 e. The minimum absolute atomic E-state index is 0.0284. The molecule has 174 valence electrons. The van der Waals surface area contributed by atoms with Gasteiger partial charge < -0.3 is 10.1 Å². The zero-order valence-electron chi connectivity index (χ0n) is 18.6. The van der Waals surface area contributed by atoms with Crippen LogP contribution in [0.5, 0.6) is 0 Å². The van der Waals surface area contributed by atoms with E-state index in [9.17, 15) is 18.0 Å². The summed E-state index contributed by atoms with van der Waals surface area (Å²) in [6.45, 7) is 0. The first-order valence-electron chi connectivity index (χ1n) is 9.95. The number of hydrogen-bond acceptors (Lipinski definition) is 5. The Balaban J connectivity index is 1.83. The third-order valence-electron chi connectivity index (χ3n) is 4.72. The Bertz CT molecular complexity index is 1420.